The zero-order chi connectivity index (χ0) is 26.4. The summed E-state index contributed by atoms with van der Waals surface area (Å²) in [6.07, 6.45) is 2.70. The number of likely N-dealkylation sites (tertiary alicyclic amines) is 1. The Morgan fingerprint density at radius 1 is 1.03 bits per heavy atom. The lowest BCUT2D eigenvalue weighted by molar-refractivity contribution is -0.123. The Morgan fingerprint density at radius 2 is 1.79 bits per heavy atom. The number of fused-ring (bicyclic) bond motifs is 6. The Balaban J connectivity index is 1.46. The third-order valence-electron chi connectivity index (χ3n) is 7.44. The maximum atomic E-state index is 13.3. The molecule has 2 aromatic carbocycles. The third-order valence-corrected chi connectivity index (χ3v) is 8.76. The van der Waals surface area contributed by atoms with Crippen LogP contribution in [0.4, 0.5) is 11.6 Å². The van der Waals surface area contributed by atoms with Crippen LogP contribution in [0.15, 0.2) is 53.4 Å². The minimum Gasteiger partial charge on any atom is -0.473 e. The Bertz CT molecular complexity index is 1480. The van der Waals surface area contributed by atoms with Crippen molar-refractivity contribution >= 4 is 27.6 Å². The van der Waals surface area contributed by atoms with Gasteiger partial charge in [-0.15, -0.1) is 0 Å². The van der Waals surface area contributed by atoms with Crippen LogP contribution >= 0.6 is 0 Å². The number of aryl methyl sites for hydroxylation is 2. The number of hydrogen-bond acceptors (Lipinski definition) is 7. The monoisotopic (exact) mass is 533 g/mol. The van der Waals surface area contributed by atoms with Gasteiger partial charge in [-0.05, 0) is 68.4 Å². The summed E-state index contributed by atoms with van der Waals surface area (Å²) in [7, 11) is -4.03. The average molecular weight is 534 g/mol. The fourth-order valence-corrected chi connectivity index (χ4v) is 6.43. The highest BCUT2D eigenvalue weighted by molar-refractivity contribution is 7.92. The van der Waals surface area contributed by atoms with Crippen LogP contribution in [0.25, 0.3) is 11.3 Å². The Hall–Kier alpha value is -3.50. The predicted molar refractivity (Wildman–Crippen MR) is 145 cm³/mol. The first-order valence-corrected chi connectivity index (χ1v) is 14.5. The first kappa shape index (κ1) is 24.8. The van der Waals surface area contributed by atoms with Crippen LogP contribution in [-0.4, -0.2) is 54.9 Å². The number of hydrogen-bond donors (Lipinski definition) is 2. The SMILES string of the molecule is Cc1cccc(C)c1-c1cc2nc(n1)NS(=O)(=O)c1cccc(c1)NC(=O)[C@@H]1C[C@@H](CN(CC3CC3)C1)O2. The van der Waals surface area contributed by atoms with E-state index in [1.807, 2.05) is 32.0 Å². The first-order valence-electron chi connectivity index (χ1n) is 13.0. The molecule has 3 aromatic rings. The molecule has 1 amide bonds. The van der Waals surface area contributed by atoms with E-state index in [-0.39, 0.29) is 34.7 Å². The maximum Gasteiger partial charge on any atom is 0.264 e. The summed E-state index contributed by atoms with van der Waals surface area (Å²) in [5.74, 6) is 0.453. The van der Waals surface area contributed by atoms with E-state index < -0.39 is 10.0 Å². The van der Waals surface area contributed by atoms with Gasteiger partial charge in [0.25, 0.3) is 10.0 Å². The van der Waals surface area contributed by atoms with Crippen LogP contribution in [0.3, 0.4) is 0 Å². The molecule has 1 saturated carbocycles. The van der Waals surface area contributed by atoms with Crippen molar-refractivity contribution in [2.24, 2.45) is 11.8 Å². The van der Waals surface area contributed by atoms with Gasteiger partial charge in [0.1, 0.15) is 6.10 Å². The molecule has 6 bridgehead atoms. The van der Waals surface area contributed by atoms with E-state index in [2.05, 4.69) is 24.9 Å². The number of amides is 1. The van der Waals surface area contributed by atoms with Crippen molar-refractivity contribution in [1.82, 2.24) is 14.9 Å². The fraction of sp³-hybridized carbons (Fsp3) is 0.393. The minimum absolute atomic E-state index is 0.00721. The molecule has 3 heterocycles. The molecule has 0 radical (unpaired) electrons. The molecule has 2 N–H and O–H groups in total. The van der Waals surface area contributed by atoms with E-state index in [1.165, 1.54) is 25.0 Å². The molecule has 10 heteroatoms. The molecule has 3 aliphatic rings. The zero-order valence-electron chi connectivity index (χ0n) is 21.5. The number of anilines is 2. The number of carbonyl (C=O) groups excluding carboxylic acids is 1. The lowest BCUT2D eigenvalue weighted by Gasteiger charge is -2.37. The highest BCUT2D eigenvalue weighted by Crippen LogP contribution is 2.34. The quantitative estimate of drug-likeness (QED) is 0.523. The normalized spacial score (nSPS) is 22.9. The summed E-state index contributed by atoms with van der Waals surface area (Å²) in [4.78, 5) is 24.7. The van der Waals surface area contributed by atoms with E-state index in [9.17, 15) is 13.2 Å². The van der Waals surface area contributed by atoms with Crippen LogP contribution in [0, 0.1) is 25.7 Å². The Kier molecular flexibility index (Phi) is 6.31. The number of benzene rings is 2. The van der Waals surface area contributed by atoms with E-state index in [1.54, 1.807) is 18.2 Å². The number of carbonyl (C=O) groups is 1. The highest BCUT2D eigenvalue weighted by atomic mass is 32.2. The van der Waals surface area contributed by atoms with Gasteiger partial charge in [-0.1, -0.05) is 24.3 Å². The predicted octanol–water partition coefficient (Wildman–Crippen LogP) is 3.99. The summed E-state index contributed by atoms with van der Waals surface area (Å²) in [5, 5.41) is 2.92. The van der Waals surface area contributed by atoms with Crippen LogP contribution < -0.4 is 14.8 Å². The van der Waals surface area contributed by atoms with Gasteiger partial charge >= 0.3 is 0 Å². The molecule has 2 aliphatic heterocycles. The smallest absolute Gasteiger partial charge is 0.264 e. The minimum atomic E-state index is -4.03. The van der Waals surface area contributed by atoms with Gasteiger partial charge in [-0.25, -0.2) is 18.1 Å². The van der Waals surface area contributed by atoms with Crippen molar-refractivity contribution in [3.8, 4) is 17.1 Å². The fourth-order valence-electron chi connectivity index (χ4n) is 5.44. The Morgan fingerprint density at radius 3 is 2.55 bits per heavy atom. The second kappa shape index (κ2) is 9.67. The number of piperidine rings is 1. The standard InChI is InChI=1S/C28H31N5O4S/c1-17-5-3-6-18(2)26(17)24-13-25-31-28(30-24)32-38(35,36)23-8-4-7-21(12-23)29-27(34)20-11-22(37-25)16-33(15-20)14-19-9-10-19/h3-8,12-13,19-20,22H,9-11,14-16H2,1-2H3,(H,29,34)(H,30,31,32)/t20-,22+/m1/s1. The van der Waals surface area contributed by atoms with E-state index >= 15 is 0 Å². The lowest BCUT2D eigenvalue weighted by atomic mass is 9.94. The topological polar surface area (TPSA) is 114 Å². The van der Waals surface area contributed by atoms with Gasteiger partial charge in [0.2, 0.25) is 17.7 Å². The highest BCUT2D eigenvalue weighted by Gasteiger charge is 2.36. The molecular weight excluding hydrogens is 502 g/mol. The summed E-state index contributed by atoms with van der Waals surface area (Å²) in [6.45, 7) is 6.25. The van der Waals surface area contributed by atoms with Crippen LogP contribution in [0.2, 0.25) is 0 Å². The molecule has 1 aliphatic carbocycles. The number of sulfonamides is 1. The summed E-state index contributed by atoms with van der Waals surface area (Å²) < 4.78 is 35.5. The van der Waals surface area contributed by atoms with Gasteiger partial charge in [0.15, 0.2) is 0 Å². The third kappa shape index (κ3) is 5.23. The van der Waals surface area contributed by atoms with Gasteiger partial charge in [0.05, 0.1) is 16.5 Å². The number of rotatable bonds is 3. The van der Waals surface area contributed by atoms with E-state index in [0.717, 1.165) is 23.2 Å². The second-order valence-corrected chi connectivity index (χ2v) is 12.3. The molecule has 1 aromatic heterocycles. The molecule has 0 unspecified atom stereocenters. The average Bonchev–Trinajstić information content (AvgIpc) is 3.67. The van der Waals surface area contributed by atoms with Crippen molar-refractivity contribution in [2.45, 2.75) is 44.1 Å². The van der Waals surface area contributed by atoms with Crippen LogP contribution in [0.1, 0.15) is 30.4 Å². The van der Waals surface area contributed by atoms with Crippen molar-refractivity contribution < 1.29 is 17.9 Å². The van der Waals surface area contributed by atoms with Gasteiger partial charge in [-0.3, -0.25) is 9.69 Å². The number of aromatic nitrogens is 2. The zero-order valence-corrected chi connectivity index (χ0v) is 22.3. The van der Waals surface area contributed by atoms with Gasteiger partial charge < -0.3 is 10.1 Å². The molecule has 0 spiro atoms. The lowest BCUT2D eigenvalue weighted by Crippen LogP contribution is -2.49. The van der Waals surface area contributed by atoms with Crippen molar-refractivity contribution in [3.63, 3.8) is 0 Å². The van der Waals surface area contributed by atoms with Gasteiger partial charge in [0, 0.05) is 37.0 Å². The Labute approximate surface area is 222 Å². The van der Waals surface area contributed by atoms with Crippen LogP contribution in [-0.2, 0) is 14.8 Å². The number of nitrogens with one attached hydrogen (secondary N) is 2. The molecule has 9 nitrogen and oxygen atoms in total. The first-order chi connectivity index (χ1) is 18.2. The summed E-state index contributed by atoms with van der Waals surface area (Å²) in [6, 6.07) is 14.0. The molecule has 6 rings (SSSR count). The van der Waals surface area contributed by atoms with Crippen molar-refractivity contribution in [2.75, 3.05) is 29.7 Å². The molecule has 1 saturated heterocycles. The molecule has 38 heavy (non-hydrogen) atoms. The van der Waals surface area contributed by atoms with E-state index in [4.69, 9.17) is 4.74 Å². The molecular formula is C28H31N5O4S. The van der Waals surface area contributed by atoms with E-state index in [0.29, 0.717) is 36.8 Å². The molecule has 2 fully saturated rings. The molecule has 2 atom stereocenters. The number of ether oxygens (including phenoxy) is 1. The molecule has 198 valence electrons. The summed E-state index contributed by atoms with van der Waals surface area (Å²) in [5.41, 5.74) is 3.92. The van der Waals surface area contributed by atoms with Crippen LogP contribution in [0.5, 0.6) is 5.88 Å². The second-order valence-electron chi connectivity index (χ2n) is 10.6. The van der Waals surface area contributed by atoms with Crippen molar-refractivity contribution in [3.05, 3.63) is 59.7 Å². The largest absolute Gasteiger partial charge is 0.473 e. The summed E-state index contributed by atoms with van der Waals surface area (Å²) >= 11 is 0. The van der Waals surface area contributed by atoms with Gasteiger partial charge in [-0.2, -0.15) is 4.98 Å². The van der Waals surface area contributed by atoms with Crippen molar-refractivity contribution in [1.29, 1.82) is 0 Å². The maximum absolute atomic E-state index is 13.3. The number of nitrogens with zero attached hydrogens (tertiary/aromatic N) is 3.